The Kier molecular flexibility index (Phi) is 17.6. The van der Waals surface area contributed by atoms with E-state index in [2.05, 4.69) is 11.2 Å². The molecule has 1 amide bonds. The summed E-state index contributed by atoms with van der Waals surface area (Å²) < 4.78 is 0. The zero-order valence-electron chi connectivity index (χ0n) is 23.0. The van der Waals surface area contributed by atoms with Crippen molar-refractivity contribution in [2.75, 3.05) is 0 Å². The number of nitrogens with two attached hydrogens (primary N) is 1. The minimum Gasteiger partial charge on any atom is -0.481 e. The summed E-state index contributed by atoms with van der Waals surface area (Å²) in [7, 11) is 0. The number of amides is 1. The summed E-state index contributed by atoms with van der Waals surface area (Å²) in [4.78, 5) is 46.1. The van der Waals surface area contributed by atoms with Crippen LogP contribution in [0.3, 0.4) is 0 Å². The van der Waals surface area contributed by atoms with Crippen molar-refractivity contribution >= 4 is 23.6 Å². The van der Waals surface area contributed by atoms with Crippen LogP contribution in [0.25, 0.3) is 0 Å². The number of terminal acetylenes is 1. The number of ketones is 1. The van der Waals surface area contributed by atoms with Crippen molar-refractivity contribution in [1.82, 2.24) is 5.32 Å². The summed E-state index contributed by atoms with van der Waals surface area (Å²) in [5.41, 5.74) is 7.07. The smallest absolute Gasteiger partial charge is 0.326 e. The van der Waals surface area contributed by atoms with Crippen LogP contribution < -0.4 is 11.1 Å². The number of primary amides is 1. The van der Waals surface area contributed by atoms with Crippen molar-refractivity contribution in [2.24, 2.45) is 11.7 Å². The third-order valence-corrected chi connectivity index (χ3v) is 7.31. The standard InChI is InChI=1S/C30H48N2O6/c1-2-3-17-27(33)24-20-19-23(24)25(32-26(30(37)38)21-22-28(31)34)16-14-12-10-8-6-4-5-7-9-11-13-15-18-29(35)36/h1,24,26,32H,3-22H2,(H2,31,34)(H,35,36)(H,37,38)/b25-23-/t24?,26-/m1/s1. The first-order chi connectivity index (χ1) is 18.3. The molecule has 1 unspecified atom stereocenters. The van der Waals surface area contributed by atoms with Gasteiger partial charge in [-0.15, -0.1) is 12.3 Å². The maximum absolute atomic E-state index is 12.6. The Hall–Kier alpha value is -2.82. The predicted molar refractivity (Wildman–Crippen MR) is 148 cm³/mol. The Labute approximate surface area is 228 Å². The lowest BCUT2D eigenvalue weighted by molar-refractivity contribution is -0.139. The van der Waals surface area contributed by atoms with Crippen LogP contribution in [0.5, 0.6) is 0 Å². The summed E-state index contributed by atoms with van der Waals surface area (Å²) in [6.45, 7) is 0. The first-order valence-electron chi connectivity index (χ1n) is 14.4. The first-order valence-corrected chi connectivity index (χ1v) is 14.4. The molecular formula is C30H48N2O6. The largest absolute Gasteiger partial charge is 0.481 e. The van der Waals surface area contributed by atoms with Crippen LogP contribution in [0.15, 0.2) is 11.3 Å². The van der Waals surface area contributed by atoms with Gasteiger partial charge in [0.2, 0.25) is 5.91 Å². The quantitative estimate of drug-likeness (QED) is 0.0949. The topological polar surface area (TPSA) is 147 Å². The Morgan fingerprint density at radius 1 is 0.842 bits per heavy atom. The van der Waals surface area contributed by atoms with Crippen LogP contribution in [-0.4, -0.2) is 39.9 Å². The highest BCUT2D eigenvalue weighted by molar-refractivity contribution is 5.85. The fourth-order valence-electron chi connectivity index (χ4n) is 4.94. The number of nitrogens with one attached hydrogen (secondary N) is 1. The second-order valence-corrected chi connectivity index (χ2v) is 10.4. The van der Waals surface area contributed by atoms with Gasteiger partial charge in [0.25, 0.3) is 0 Å². The van der Waals surface area contributed by atoms with Crippen LogP contribution >= 0.6 is 0 Å². The number of carboxylic acids is 2. The Morgan fingerprint density at radius 3 is 1.79 bits per heavy atom. The van der Waals surface area contributed by atoms with Crippen molar-refractivity contribution in [1.29, 1.82) is 0 Å². The van der Waals surface area contributed by atoms with Gasteiger partial charge >= 0.3 is 11.9 Å². The molecule has 38 heavy (non-hydrogen) atoms. The zero-order valence-corrected chi connectivity index (χ0v) is 23.0. The molecule has 8 heteroatoms. The molecule has 0 aromatic heterocycles. The number of hydrogen-bond donors (Lipinski definition) is 4. The van der Waals surface area contributed by atoms with Gasteiger partial charge in [-0.05, 0) is 44.1 Å². The van der Waals surface area contributed by atoms with Gasteiger partial charge in [-0.2, -0.15) is 0 Å². The molecule has 5 N–H and O–H groups in total. The number of unbranched alkanes of at least 4 members (excludes halogenated alkanes) is 11. The number of carboxylic acid groups (broad SMARTS) is 2. The molecule has 1 rings (SSSR count). The highest BCUT2D eigenvalue weighted by Crippen LogP contribution is 2.38. The maximum atomic E-state index is 12.6. The SMILES string of the molecule is C#CCCC(=O)C1CC/C1=C(\CCCCCCCCCCCCCCC(=O)O)N[C@H](CCC(N)=O)C(=O)O. The maximum Gasteiger partial charge on any atom is 0.326 e. The van der Waals surface area contributed by atoms with Crippen LogP contribution in [0.1, 0.15) is 128 Å². The van der Waals surface area contributed by atoms with Crippen molar-refractivity contribution in [3.8, 4) is 12.3 Å². The van der Waals surface area contributed by atoms with Gasteiger partial charge < -0.3 is 21.3 Å². The van der Waals surface area contributed by atoms with Gasteiger partial charge in [0, 0.05) is 37.3 Å². The fourth-order valence-corrected chi connectivity index (χ4v) is 4.94. The van der Waals surface area contributed by atoms with Gasteiger partial charge in [-0.3, -0.25) is 14.4 Å². The second-order valence-electron chi connectivity index (χ2n) is 10.4. The van der Waals surface area contributed by atoms with E-state index in [1.165, 1.54) is 38.5 Å². The van der Waals surface area contributed by atoms with Gasteiger partial charge in [0.1, 0.15) is 11.8 Å². The molecular weight excluding hydrogens is 484 g/mol. The molecule has 2 atom stereocenters. The van der Waals surface area contributed by atoms with E-state index in [0.717, 1.165) is 62.6 Å². The molecule has 1 fully saturated rings. The van der Waals surface area contributed by atoms with Gasteiger partial charge in [-0.1, -0.05) is 64.2 Å². The van der Waals surface area contributed by atoms with E-state index in [1.54, 1.807) is 0 Å². The highest BCUT2D eigenvalue weighted by Gasteiger charge is 2.33. The molecule has 0 heterocycles. The zero-order chi connectivity index (χ0) is 28.2. The van der Waals surface area contributed by atoms with Crippen LogP contribution in [0.4, 0.5) is 0 Å². The molecule has 0 bridgehead atoms. The number of allylic oxidation sites excluding steroid dienone is 2. The number of rotatable bonds is 24. The molecule has 0 saturated heterocycles. The van der Waals surface area contributed by atoms with E-state index in [0.29, 0.717) is 19.3 Å². The van der Waals surface area contributed by atoms with Crippen molar-refractivity contribution in [2.45, 2.75) is 134 Å². The lowest BCUT2D eigenvalue weighted by atomic mass is 9.73. The number of hydrogen-bond acceptors (Lipinski definition) is 5. The normalized spacial score (nSPS) is 16.7. The van der Waals surface area contributed by atoms with Crippen LogP contribution in [0.2, 0.25) is 0 Å². The van der Waals surface area contributed by atoms with Crippen molar-refractivity contribution < 1.29 is 29.4 Å². The van der Waals surface area contributed by atoms with E-state index in [9.17, 15) is 24.3 Å². The summed E-state index contributed by atoms with van der Waals surface area (Å²) in [5, 5.41) is 21.5. The molecule has 1 aliphatic rings. The molecule has 1 saturated carbocycles. The van der Waals surface area contributed by atoms with Crippen LogP contribution in [-0.2, 0) is 19.2 Å². The van der Waals surface area contributed by atoms with E-state index in [-0.39, 0.29) is 31.0 Å². The molecule has 0 spiro atoms. The molecule has 1 aliphatic carbocycles. The number of aliphatic carboxylic acids is 2. The summed E-state index contributed by atoms with van der Waals surface area (Å²) in [6.07, 6.45) is 21.8. The second kappa shape index (κ2) is 20.2. The summed E-state index contributed by atoms with van der Waals surface area (Å²) >= 11 is 0. The van der Waals surface area contributed by atoms with Crippen molar-refractivity contribution in [3.63, 3.8) is 0 Å². The van der Waals surface area contributed by atoms with Crippen molar-refractivity contribution in [3.05, 3.63) is 11.3 Å². The average Bonchev–Trinajstić information content (AvgIpc) is 2.83. The third kappa shape index (κ3) is 14.8. The Morgan fingerprint density at radius 2 is 1.37 bits per heavy atom. The van der Waals surface area contributed by atoms with E-state index in [1.807, 2.05) is 0 Å². The van der Waals surface area contributed by atoms with E-state index in [4.69, 9.17) is 17.3 Å². The molecule has 0 aromatic carbocycles. The van der Waals surface area contributed by atoms with Gasteiger partial charge in [-0.25, -0.2) is 4.79 Å². The lowest BCUT2D eigenvalue weighted by Crippen LogP contribution is -2.39. The molecule has 0 radical (unpaired) electrons. The Bertz CT molecular complexity index is 829. The van der Waals surface area contributed by atoms with E-state index >= 15 is 0 Å². The number of carbonyl (C=O) groups excluding carboxylic acids is 2. The first kappa shape index (κ1) is 33.2. The van der Waals surface area contributed by atoms with Gasteiger partial charge in [0.05, 0.1) is 0 Å². The summed E-state index contributed by atoms with van der Waals surface area (Å²) in [6, 6.07) is -0.913. The molecule has 0 aromatic rings. The van der Waals surface area contributed by atoms with E-state index < -0.39 is 23.9 Å². The highest BCUT2D eigenvalue weighted by atomic mass is 16.4. The average molecular weight is 533 g/mol. The summed E-state index contributed by atoms with van der Waals surface area (Å²) in [5.74, 6) is 0.171. The number of carbonyl (C=O) groups is 4. The van der Waals surface area contributed by atoms with Crippen LogP contribution in [0, 0.1) is 18.3 Å². The minimum absolute atomic E-state index is 0.0121. The fraction of sp³-hybridized carbons (Fsp3) is 0.733. The predicted octanol–water partition coefficient (Wildman–Crippen LogP) is 5.49. The lowest BCUT2D eigenvalue weighted by Gasteiger charge is -2.33. The Balaban J connectivity index is 2.43. The monoisotopic (exact) mass is 532 g/mol. The number of Topliss-reactive ketones (excluding diaryl/α,β-unsaturated/α-hetero) is 1. The van der Waals surface area contributed by atoms with Gasteiger partial charge in [0.15, 0.2) is 0 Å². The molecule has 214 valence electrons. The third-order valence-electron chi connectivity index (χ3n) is 7.31. The molecule has 8 nitrogen and oxygen atoms in total. The minimum atomic E-state index is -1.03. The molecule has 0 aliphatic heterocycles.